The molecular formula is C14H26N2O3S. The molecule has 3 unspecified atom stereocenters. The predicted octanol–water partition coefficient (Wildman–Crippen LogP) is 1.10. The molecule has 1 saturated carbocycles. The van der Waals surface area contributed by atoms with Crippen molar-refractivity contribution in [3.05, 3.63) is 0 Å². The summed E-state index contributed by atoms with van der Waals surface area (Å²) in [5.41, 5.74) is 0. The van der Waals surface area contributed by atoms with Gasteiger partial charge in [0.05, 0.1) is 24.5 Å². The third kappa shape index (κ3) is 3.18. The SMILES string of the molecule is O=S(=O)(CC1CCCCN1)N1CCOC2CCCCC21. The molecule has 3 rings (SSSR count). The molecule has 0 aromatic heterocycles. The quantitative estimate of drug-likeness (QED) is 0.848. The van der Waals surface area contributed by atoms with Crippen LogP contribution in [0, 0.1) is 0 Å². The van der Waals surface area contributed by atoms with E-state index in [0.717, 1.165) is 38.6 Å². The summed E-state index contributed by atoms with van der Waals surface area (Å²) in [6, 6.07) is 0.227. The molecule has 0 aromatic rings. The van der Waals surface area contributed by atoms with E-state index in [0.29, 0.717) is 13.2 Å². The van der Waals surface area contributed by atoms with Crippen LogP contribution in [0.4, 0.5) is 0 Å². The van der Waals surface area contributed by atoms with E-state index in [2.05, 4.69) is 5.32 Å². The summed E-state index contributed by atoms with van der Waals surface area (Å²) in [7, 11) is -3.16. The first-order valence-corrected chi connectivity index (χ1v) is 9.62. The average molecular weight is 302 g/mol. The Kier molecular flexibility index (Phi) is 4.65. The van der Waals surface area contributed by atoms with Crippen molar-refractivity contribution < 1.29 is 13.2 Å². The third-order valence-electron chi connectivity index (χ3n) is 4.86. The molecule has 0 radical (unpaired) electrons. The number of nitrogens with zero attached hydrogens (tertiary/aromatic N) is 1. The highest BCUT2D eigenvalue weighted by atomic mass is 32.2. The van der Waals surface area contributed by atoms with Gasteiger partial charge in [-0.15, -0.1) is 0 Å². The molecular weight excluding hydrogens is 276 g/mol. The number of hydrogen-bond acceptors (Lipinski definition) is 4. The van der Waals surface area contributed by atoms with Gasteiger partial charge in [-0.3, -0.25) is 0 Å². The van der Waals surface area contributed by atoms with E-state index in [-0.39, 0.29) is 23.9 Å². The summed E-state index contributed by atoms with van der Waals surface area (Å²) < 4.78 is 33.0. The minimum absolute atomic E-state index is 0.0890. The van der Waals surface area contributed by atoms with Gasteiger partial charge in [0, 0.05) is 12.6 Å². The van der Waals surface area contributed by atoms with Gasteiger partial charge in [-0.1, -0.05) is 19.3 Å². The minimum atomic E-state index is -3.16. The Labute approximate surface area is 122 Å². The maximum absolute atomic E-state index is 12.7. The second-order valence-corrected chi connectivity index (χ2v) is 8.26. The van der Waals surface area contributed by atoms with Crippen molar-refractivity contribution >= 4 is 10.0 Å². The lowest BCUT2D eigenvalue weighted by molar-refractivity contribution is -0.0586. The molecule has 1 N–H and O–H groups in total. The number of fused-ring (bicyclic) bond motifs is 1. The summed E-state index contributed by atoms with van der Waals surface area (Å²) in [6.07, 6.45) is 7.68. The number of morpholine rings is 1. The summed E-state index contributed by atoms with van der Waals surface area (Å²) in [6.45, 7) is 2.05. The zero-order valence-corrected chi connectivity index (χ0v) is 12.9. The molecule has 3 aliphatic rings. The zero-order valence-electron chi connectivity index (χ0n) is 12.1. The fourth-order valence-corrected chi connectivity index (χ4v) is 5.81. The molecule has 0 amide bonds. The first-order valence-electron chi connectivity index (χ1n) is 8.01. The van der Waals surface area contributed by atoms with E-state index < -0.39 is 10.0 Å². The molecule has 3 fully saturated rings. The lowest BCUT2D eigenvalue weighted by atomic mass is 9.91. The highest BCUT2D eigenvalue weighted by molar-refractivity contribution is 7.89. The van der Waals surface area contributed by atoms with Gasteiger partial charge in [0.25, 0.3) is 0 Å². The first kappa shape index (κ1) is 14.8. The Balaban J connectivity index is 1.68. The van der Waals surface area contributed by atoms with Gasteiger partial charge in [-0.05, 0) is 32.2 Å². The number of sulfonamides is 1. The topological polar surface area (TPSA) is 58.6 Å². The molecule has 0 bridgehead atoms. The molecule has 1 aliphatic carbocycles. The van der Waals surface area contributed by atoms with Crippen LogP contribution >= 0.6 is 0 Å². The summed E-state index contributed by atoms with van der Waals surface area (Å²) in [5, 5.41) is 3.35. The molecule has 2 aliphatic heterocycles. The van der Waals surface area contributed by atoms with Crippen LogP contribution in [0.5, 0.6) is 0 Å². The van der Waals surface area contributed by atoms with Gasteiger partial charge in [0.2, 0.25) is 10.0 Å². The number of ether oxygens (including phenoxy) is 1. The molecule has 2 heterocycles. The van der Waals surface area contributed by atoms with Crippen molar-refractivity contribution in [1.29, 1.82) is 0 Å². The Morgan fingerprint density at radius 2 is 1.90 bits per heavy atom. The van der Waals surface area contributed by atoms with E-state index in [1.54, 1.807) is 4.31 Å². The number of rotatable bonds is 3. The van der Waals surface area contributed by atoms with Crippen LogP contribution in [0.2, 0.25) is 0 Å². The fraction of sp³-hybridized carbons (Fsp3) is 1.00. The van der Waals surface area contributed by atoms with Crippen molar-refractivity contribution in [3.8, 4) is 0 Å². The molecule has 0 aromatic carbocycles. The van der Waals surface area contributed by atoms with E-state index in [9.17, 15) is 8.42 Å². The van der Waals surface area contributed by atoms with Crippen LogP contribution in [-0.2, 0) is 14.8 Å². The van der Waals surface area contributed by atoms with Gasteiger partial charge >= 0.3 is 0 Å². The van der Waals surface area contributed by atoms with E-state index >= 15 is 0 Å². The minimum Gasteiger partial charge on any atom is -0.375 e. The zero-order chi connectivity index (χ0) is 14.0. The molecule has 3 atom stereocenters. The molecule has 20 heavy (non-hydrogen) atoms. The Hall–Kier alpha value is -0.170. The average Bonchev–Trinajstić information content (AvgIpc) is 2.47. The van der Waals surface area contributed by atoms with Gasteiger partial charge in [-0.25, -0.2) is 8.42 Å². The number of hydrogen-bond donors (Lipinski definition) is 1. The van der Waals surface area contributed by atoms with Crippen molar-refractivity contribution in [2.75, 3.05) is 25.4 Å². The number of piperidine rings is 1. The van der Waals surface area contributed by atoms with Gasteiger partial charge in [0.15, 0.2) is 0 Å². The Morgan fingerprint density at radius 1 is 1.10 bits per heavy atom. The summed E-state index contributed by atoms with van der Waals surface area (Å²) in [5.74, 6) is 0.260. The number of nitrogens with one attached hydrogen (secondary N) is 1. The van der Waals surface area contributed by atoms with Crippen LogP contribution in [0.25, 0.3) is 0 Å². The molecule has 5 nitrogen and oxygen atoms in total. The molecule has 0 spiro atoms. The van der Waals surface area contributed by atoms with E-state index in [1.165, 1.54) is 12.8 Å². The smallest absolute Gasteiger partial charge is 0.216 e. The lowest BCUT2D eigenvalue weighted by Crippen LogP contribution is -2.56. The Bertz CT molecular complexity index is 418. The van der Waals surface area contributed by atoms with Crippen LogP contribution in [0.1, 0.15) is 44.9 Å². The van der Waals surface area contributed by atoms with Gasteiger partial charge in [0.1, 0.15) is 0 Å². The van der Waals surface area contributed by atoms with E-state index in [4.69, 9.17) is 4.74 Å². The molecule has 6 heteroatoms. The fourth-order valence-electron chi connectivity index (χ4n) is 3.82. The molecule has 116 valence electrons. The lowest BCUT2D eigenvalue weighted by Gasteiger charge is -2.43. The van der Waals surface area contributed by atoms with Gasteiger partial charge < -0.3 is 10.1 Å². The van der Waals surface area contributed by atoms with Crippen molar-refractivity contribution in [2.24, 2.45) is 0 Å². The van der Waals surface area contributed by atoms with Gasteiger partial charge in [-0.2, -0.15) is 4.31 Å². The normalized spacial score (nSPS) is 36.5. The van der Waals surface area contributed by atoms with Crippen LogP contribution in [-0.4, -0.2) is 56.4 Å². The summed E-state index contributed by atoms with van der Waals surface area (Å²) in [4.78, 5) is 0. The summed E-state index contributed by atoms with van der Waals surface area (Å²) >= 11 is 0. The standard InChI is InChI=1S/C14H26N2O3S/c17-20(18,11-12-5-3-4-8-15-12)16-9-10-19-14-7-2-1-6-13(14)16/h12-15H,1-11H2. The highest BCUT2D eigenvalue weighted by Gasteiger charge is 2.40. The first-order chi connectivity index (χ1) is 9.67. The van der Waals surface area contributed by atoms with Crippen LogP contribution in [0.15, 0.2) is 0 Å². The maximum atomic E-state index is 12.7. The highest BCUT2D eigenvalue weighted by Crippen LogP contribution is 2.30. The largest absolute Gasteiger partial charge is 0.375 e. The molecule has 2 saturated heterocycles. The van der Waals surface area contributed by atoms with E-state index in [1.807, 2.05) is 0 Å². The predicted molar refractivity (Wildman–Crippen MR) is 78.1 cm³/mol. The second-order valence-electron chi connectivity index (χ2n) is 6.30. The van der Waals surface area contributed by atoms with Crippen molar-refractivity contribution in [1.82, 2.24) is 9.62 Å². The second kappa shape index (κ2) is 6.30. The van der Waals surface area contributed by atoms with Crippen molar-refractivity contribution in [2.45, 2.75) is 63.1 Å². The van der Waals surface area contributed by atoms with Crippen LogP contribution in [0.3, 0.4) is 0 Å². The van der Waals surface area contributed by atoms with Crippen molar-refractivity contribution in [3.63, 3.8) is 0 Å². The van der Waals surface area contributed by atoms with Crippen LogP contribution < -0.4 is 5.32 Å². The monoisotopic (exact) mass is 302 g/mol. The maximum Gasteiger partial charge on any atom is 0.216 e. The Morgan fingerprint density at radius 3 is 2.70 bits per heavy atom. The third-order valence-corrected chi connectivity index (χ3v) is 6.85.